The molecule has 2 rings (SSSR count). The highest BCUT2D eigenvalue weighted by Crippen LogP contribution is 2.11. The standard InChI is InChI=1S/C14H14N4O2S/c1-20-12-5-2-4-11(8-12)9-17-18-13(19)10-21-14-15-6-3-7-16-14/h2-9H,10H2,1H3,(H,18,19). The van der Waals surface area contributed by atoms with E-state index in [1.807, 2.05) is 24.3 Å². The lowest BCUT2D eigenvalue weighted by molar-refractivity contribution is -0.118. The first-order chi connectivity index (χ1) is 10.3. The summed E-state index contributed by atoms with van der Waals surface area (Å²) in [5, 5.41) is 4.45. The van der Waals surface area contributed by atoms with Crippen LogP contribution in [0.3, 0.4) is 0 Å². The minimum Gasteiger partial charge on any atom is -0.497 e. The topological polar surface area (TPSA) is 76.5 Å². The second kappa shape index (κ2) is 8.01. The quantitative estimate of drug-likeness (QED) is 0.380. The van der Waals surface area contributed by atoms with Crippen molar-refractivity contribution in [1.82, 2.24) is 15.4 Å². The van der Waals surface area contributed by atoms with Gasteiger partial charge in [0.05, 0.1) is 19.1 Å². The predicted molar refractivity (Wildman–Crippen MR) is 81.5 cm³/mol. The Morgan fingerprint density at radius 2 is 2.19 bits per heavy atom. The molecule has 0 aliphatic rings. The number of thioether (sulfide) groups is 1. The molecule has 1 aromatic carbocycles. The maximum Gasteiger partial charge on any atom is 0.250 e. The van der Waals surface area contributed by atoms with Crippen molar-refractivity contribution in [2.45, 2.75) is 5.16 Å². The highest BCUT2D eigenvalue weighted by Gasteiger charge is 2.02. The molecule has 0 unspecified atom stereocenters. The molecule has 0 aliphatic carbocycles. The van der Waals surface area contributed by atoms with Crippen LogP contribution in [0.1, 0.15) is 5.56 Å². The first-order valence-electron chi connectivity index (χ1n) is 6.13. The second-order valence-electron chi connectivity index (χ2n) is 3.89. The van der Waals surface area contributed by atoms with Crippen LogP contribution in [-0.4, -0.2) is 35.0 Å². The SMILES string of the molecule is COc1cccc(C=NNC(=O)CSc2ncccn2)c1. The van der Waals surface area contributed by atoms with Crippen LogP contribution in [0.15, 0.2) is 53.0 Å². The van der Waals surface area contributed by atoms with Crippen LogP contribution in [0.5, 0.6) is 5.75 Å². The number of nitrogens with one attached hydrogen (secondary N) is 1. The molecule has 1 N–H and O–H groups in total. The molecule has 0 saturated carbocycles. The van der Waals surface area contributed by atoms with E-state index in [4.69, 9.17) is 4.74 Å². The van der Waals surface area contributed by atoms with Crippen LogP contribution in [0.25, 0.3) is 0 Å². The summed E-state index contributed by atoms with van der Waals surface area (Å²) in [6.45, 7) is 0. The highest BCUT2D eigenvalue weighted by atomic mass is 32.2. The van der Waals surface area contributed by atoms with Crippen molar-refractivity contribution < 1.29 is 9.53 Å². The van der Waals surface area contributed by atoms with E-state index in [1.165, 1.54) is 11.8 Å². The van der Waals surface area contributed by atoms with Crippen LogP contribution in [0.4, 0.5) is 0 Å². The number of nitrogens with zero attached hydrogens (tertiary/aromatic N) is 3. The molecule has 0 fully saturated rings. The van der Waals surface area contributed by atoms with Gasteiger partial charge in [0.15, 0.2) is 5.16 Å². The molecule has 0 spiro atoms. The molecule has 7 heteroatoms. The molecule has 108 valence electrons. The van der Waals surface area contributed by atoms with Gasteiger partial charge in [0, 0.05) is 12.4 Å². The lowest BCUT2D eigenvalue weighted by atomic mass is 10.2. The third kappa shape index (κ3) is 5.23. The summed E-state index contributed by atoms with van der Waals surface area (Å²) in [7, 11) is 1.60. The summed E-state index contributed by atoms with van der Waals surface area (Å²) in [5.41, 5.74) is 3.29. The van der Waals surface area contributed by atoms with Gasteiger partial charge in [-0.15, -0.1) is 0 Å². The fourth-order valence-corrected chi connectivity index (χ4v) is 2.02. The molecule has 1 amide bonds. The smallest absolute Gasteiger partial charge is 0.250 e. The largest absolute Gasteiger partial charge is 0.497 e. The van der Waals surface area contributed by atoms with Crippen molar-refractivity contribution in [2.24, 2.45) is 5.10 Å². The van der Waals surface area contributed by atoms with E-state index in [-0.39, 0.29) is 11.7 Å². The predicted octanol–water partition coefficient (Wildman–Crippen LogP) is 1.73. The summed E-state index contributed by atoms with van der Waals surface area (Å²) in [6, 6.07) is 9.10. The van der Waals surface area contributed by atoms with E-state index in [1.54, 1.807) is 31.8 Å². The zero-order chi connectivity index (χ0) is 14.9. The summed E-state index contributed by atoms with van der Waals surface area (Å²) < 4.78 is 5.10. The molecule has 0 radical (unpaired) electrons. The Balaban J connectivity index is 1.79. The van der Waals surface area contributed by atoms with Crippen molar-refractivity contribution in [3.05, 3.63) is 48.3 Å². The Bertz CT molecular complexity index is 619. The maximum atomic E-state index is 11.6. The van der Waals surface area contributed by atoms with Gasteiger partial charge in [0.25, 0.3) is 5.91 Å². The van der Waals surface area contributed by atoms with Gasteiger partial charge in [0.2, 0.25) is 0 Å². The van der Waals surface area contributed by atoms with Crippen LogP contribution in [-0.2, 0) is 4.79 Å². The Labute approximate surface area is 126 Å². The van der Waals surface area contributed by atoms with Gasteiger partial charge in [-0.05, 0) is 23.8 Å². The maximum absolute atomic E-state index is 11.6. The summed E-state index contributed by atoms with van der Waals surface area (Å²) >= 11 is 1.25. The van der Waals surface area contributed by atoms with Crippen LogP contribution >= 0.6 is 11.8 Å². The Morgan fingerprint density at radius 3 is 2.95 bits per heavy atom. The number of carbonyl (C=O) groups is 1. The molecular formula is C14H14N4O2S. The van der Waals surface area contributed by atoms with Gasteiger partial charge >= 0.3 is 0 Å². The van der Waals surface area contributed by atoms with Crippen molar-refractivity contribution in [1.29, 1.82) is 0 Å². The van der Waals surface area contributed by atoms with Crippen LogP contribution in [0, 0.1) is 0 Å². The molecule has 21 heavy (non-hydrogen) atoms. The fraction of sp³-hybridized carbons (Fsp3) is 0.143. The second-order valence-corrected chi connectivity index (χ2v) is 4.83. The molecular weight excluding hydrogens is 288 g/mol. The normalized spacial score (nSPS) is 10.5. The average molecular weight is 302 g/mol. The number of aromatic nitrogens is 2. The van der Waals surface area contributed by atoms with Crippen molar-refractivity contribution in [3.8, 4) is 5.75 Å². The first-order valence-corrected chi connectivity index (χ1v) is 7.12. The number of ether oxygens (including phenoxy) is 1. The molecule has 0 atom stereocenters. The molecule has 0 bridgehead atoms. The van der Waals surface area contributed by atoms with Crippen molar-refractivity contribution >= 4 is 23.9 Å². The third-order valence-corrected chi connectivity index (χ3v) is 3.25. The first kappa shape index (κ1) is 15.0. The van der Waals surface area contributed by atoms with Gasteiger partial charge in [0.1, 0.15) is 5.75 Å². The Morgan fingerprint density at radius 1 is 1.38 bits per heavy atom. The van der Waals surface area contributed by atoms with E-state index in [2.05, 4.69) is 20.5 Å². The number of methoxy groups -OCH3 is 1. The minimum atomic E-state index is -0.216. The van der Waals surface area contributed by atoms with Gasteiger partial charge in [-0.25, -0.2) is 15.4 Å². The lowest BCUT2D eigenvalue weighted by Crippen LogP contribution is -2.19. The number of hydrogen-bond acceptors (Lipinski definition) is 6. The molecule has 1 aromatic heterocycles. The van der Waals surface area contributed by atoms with Crippen molar-refractivity contribution in [2.75, 3.05) is 12.9 Å². The third-order valence-electron chi connectivity index (χ3n) is 2.37. The van der Waals surface area contributed by atoms with Crippen LogP contribution < -0.4 is 10.2 Å². The average Bonchev–Trinajstić information content (AvgIpc) is 2.54. The Kier molecular flexibility index (Phi) is 5.71. The number of amides is 1. The van der Waals surface area contributed by atoms with E-state index < -0.39 is 0 Å². The number of benzene rings is 1. The summed E-state index contributed by atoms with van der Waals surface area (Å²) in [6.07, 6.45) is 4.83. The molecule has 2 aromatic rings. The fourth-order valence-electron chi connectivity index (χ4n) is 1.42. The van der Waals surface area contributed by atoms with Gasteiger partial charge < -0.3 is 4.74 Å². The lowest BCUT2D eigenvalue weighted by Gasteiger charge is -2.00. The monoisotopic (exact) mass is 302 g/mol. The number of rotatable bonds is 6. The van der Waals surface area contributed by atoms with E-state index in [0.29, 0.717) is 5.16 Å². The zero-order valence-electron chi connectivity index (χ0n) is 11.4. The Hall–Kier alpha value is -2.41. The summed E-state index contributed by atoms with van der Waals surface area (Å²) in [5.74, 6) is 0.730. The summed E-state index contributed by atoms with van der Waals surface area (Å²) in [4.78, 5) is 19.6. The number of hydrazone groups is 1. The van der Waals surface area contributed by atoms with E-state index in [9.17, 15) is 4.79 Å². The molecule has 6 nitrogen and oxygen atoms in total. The minimum absolute atomic E-state index is 0.208. The molecule has 0 aliphatic heterocycles. The van der Waals surface area contributed by atoms with E-state index in [0.717, 1.165) is 11.3 Å². The van der Waals surface area contributed by atoms with Crippen molar-refractivity contribution in [3.63, 3.8) is 0 Å². The molecule has 0 saturated heterocycles. The number of carbonyl (C=O) groups excluding carboxylic acids is 1. The van der Waals surface area contributed by atoms with Crippen LogP contribution in [0.2, 0.25) is 0 Å². The number of hydrogen-bond donors (Lipinski definition) is 1. The van der Waals surface area contributed by atoms with E-state index >= 15 is 0 Å². The zero-order valence-corrected chi connectivity index (χ0v) is 12.2. The van der Waals surface area contributed by atoms with Gasteiger partial charge in [-0.3, -0.25) is 4.79 Å². The molecule has 1 heterocycles. The van der Waals surface area contributed by atoms with Gasteiger partial charge in [-0.2, -0.15) is 5.10 Å². The van der Waals surface area contributed by atoms with Gasteiger partial charge in [-0.1, -0.05) is 23.9 Å². The highest BCUT2D eigenvalue weighted by molar-refractivity contribution is 7.99.